The van der Waals surface area contributed by atoms with E-state index in [1.54, 1.807) is 24.4 Å². The number of nitrogens with zero attached hydrogens (tertiary/aromatic N) is 3. The second-order valence-corrected chi connectivity index (χ2v) is 9.63. The van der Waals surface area contributed by atoms with E-state index in [4.69, 9.17) is 12.2 Å². The average Bonchev–Trinajstić information content (AvgIpc) is 3.39. The first kappa shape index (κ1) is 25.2. The van der Waals surface area contributed by atoms with Crippen LogP contribution in [0.5, 0.6) is 0 Å². The van der Waals surface area contributed by atoms with Gasteiger partial charge >= 0.3 is 5.97 Å². The quantitative estimate of drug-likeness (QED) is 0.293. The summed E-state index contributed by atoms with van der Waals surface area (Å²) in [4.78, 5) is 29.8. The number of amides is 1. The van der Waals surface area contributed by atoms with Crippen molar-refractivity contribution < 1.29 is 14.7 Å². The lowest BCUT2D eigenvalue weighted by molar-refractivity contribution is -0.114. The second-order valence-electron chi connectivity index (χ2n) is 9.24. The fourth-order valence-electron chi connectivity index (χ4n) is 5.12. The molecule has 3 heterocycles. The molecule has 1 aliphatic heterocycles. The van der Waals surface area contributed by atoms with Crippen LogP contribution in [-0.4, -0.2) is 31.6 Å². The average molecular weight is 526 g/mol. The lowest BCUT2D eigenvalue weighted by Gasteiger charge is -2.28. The van der Waals surface area contributed by atoms with E-state index in [0.717, 1.165) is 34.0 Å². The standard InChI is InChI=1S/C29H27N5O3S/c1-17-15-24(18(2)33(17)23-8-6-7-20(16-23)28(36)37)27-26(25-9-4-5-14-30-25)32-29(38)34(27)22-12-10-21(11-13-22)31-19(3)35/h4-16,26-27H,1-3H3,(H,31,35)(H,32,38)(H,36,37)/t26-,27-/m1/s1. The maximum Gasteiger partial charge on any atom is 0.335 e. The lowest BCUT2D eigenvalue weighted by Crippen LogP contribution is -2.29. The minimum Gasteiger partial charge on any atom is -0.478 e. The molecule has 0 saturated carbocycles. The smallest absolute Gasteiger partial charge is 0.335 e. The van der Waals surface area contributed by atoms with E-state index in [0.29, 0.717) is 10.8 Å². The molecule has 8 nitrogen and oxygen atoms in total. The third-order valence-corrected chi connectivity index (χ3v) is 7.02. The molecule has 2 aromatic carbocycles. The Morgan fingerprint density at radius 3 is 2.42 bits per heavy atom. The summed E-state index contributed by atoms with van der Waals surface area (Å²) in [5.74, 6) is -1.10. The molecule has 3 N–H and O–H groups in total. The topological polar surface area (TPSA) is 99.5 Å². The molecule has 0 aliphatic carbocycles. The monoisotopic (exact) mass is 525 g/mol. The van der Waals surface area contributed by atoms with Crippen LogP contribution in [0.15, 0.2) is 79.0 Å². The highest BCUT2D eigenvalue weighted by Gasteiger charge is 2.42. The summed E-state index contributed by atoms with van der Waals surface area (Å²) >= 11 is 5.85. The molecule has 1 amide bonds. The van der Waals surface area contributed by atoms with Gasteiger partial charge < -0.3 is 25.2 Å². The van der Waals surface area contributed by atoms with E-state index in [2.05, 4.69) is 31.2 Å². The highest BCUT2D eigenvalue weighted by Crippen LogP contribution is 2.44. The number of hydrogen-bond donors (Lipinski definition) is 3. The summed E-state index contributed by atoms with van der Waals surface area (Å²) in [5.41, 5.74) is 6.42. The third-order valence-electron chi connectivity index (χ3n) is 6.70. The minimum atomic E-state index is -0.969. The molecule has 192 valence electrons. The number of hydrogen-bond acceptors (Lipinski definition) is 4. The van der Waals surface area contributed by atoms with Gasteiger partial charge in [0.2, 0.25) is 5.91 Å². The van der Waals surface area contributed by atoms with E-state index in [1.807, 2.05) is 62.4 Å². The summed E-state index contributed by atoms with van der Waals surface area (Å²) in [6.45, 7) is 5.51. The number of pyridine rings is 1. The molecule has 1 saturated heterocycles. The van der Waals surface area contributed by atoms with Crippen molar-refractivity contribution >= 4 is 40.6 Å². The van der Waals surface area contributed by atoms with Gasteiger partial charge in [0.05, 0.1) is 23.3 Å². The van der Waals surface area contributed by atoms with E-state index < -0.39 is 5.97 Å². The zero-order valence-corrected chi connectivity index (χ0v) is 22.0. The van der Waals surface area contributed by atoms with Crippen LogP contribution in [0.2, 0.25) is 0 Å². The van der Waals surface area contributed by atoms with Crippen LogP contribution in [0, 0.1) is 13.8 Å². The Morgan fingerprint density at radius 1 is 1.00 bits per heavy atom. The van der Waals surface area contributed by atoms with Crippen LogP contribution in [0.4, 0.5) is 11.4 Å². The van der Waals surface area contributed by atoms with Crippen LogP contribution in [0.1, 0.15) is 52.0 Å². The van der Waals surface area contributed by atoms with Crippen LogP contribution >= 0.6 is 12.2 Å². The maximum atomic E-state index is 11.6. The summed E-state index contributed by atoms with van der Waals surface area (Å²) in [6, 6.07) is 22.0. The Balaban J connectivity index is 1.63. The number of anilines is 2. The fourth-order valence-corrected chi connectivity index (χ4v) is 5.47. The number of carbonyl (C=O) groups excluding carboxylic acids is 1. The number of thiocarbonyl (C=S) groups is 1. The Kier molecular flexibility index (Phi) is 6.69. The van der Waals surface area contributed by atoms with Crippen molar-refractivity contribution in [3.63, 3.8) is 0 Å². The van der Waals surface area contributed by atoms with Crippen molar-refractivity contribution in [3.8, 4) is 5.69 Å². The number of rotatable bonds is 6. The Hall–Kier alpha value is -4.50. The first-order valence-electron chi connectivity index (χ1n) is 12.2. The van der Waals surface area contributed by atoms with Gasteiger partial charge in [-0.3, -0.25) is 9.78 Å². The molecule has 0 radical (unpaired) electrons. The van der Waals surface area contributed by atoms with Gasteiger partial charge in [-0.05, 0) is 92.3 Å². The molecule has 1 fully saturated rings. The Labute approximate surface area is 225 Å². The first-order valence-corrected chi connectivity index (χ1v) is 12.6. The Bertz CT molecular complexity index is 1530. The largest absolute Gasteiger partial charge is 0.478 e. The lowest BCUT2D eigenvalue weighted by atomic mass is 9.96. The van der Waals surface area contributed by atoms with E-state index in [9.17, 15) is 14.7 Å². The van der Waals surface area contributed by atoms with Crippen LogP contribution in [-0.2, 0) is 4.79 Å². The molecule has 0 unspecified atom stereocenters. The van der Waals surface area contributed by atoms with E-state index in [1.165, 1.54) is 6.92 Å². The molecule has 4 aromatic rings. The highest BCUT2D eigenvalue weighted by atomic mass is 32.1. The molecular formula is C29H27N5O3S. The number of aromatic nitrogens is 2. The molecule has 2 atom stereocenters. The third kappa shape index (κ3) is 4.64. The maximum absolute atomic E-state index is 11.6. The van der Waals surface area contributed by atoms with Crippen molar-refractivity contribution in [2.24, 2.45) is 0 Å². The van der Waals surface area contributed by atoms with Gasteiger partial charge in [-0.1, -0.05) is 12.1 Å². The number of carbonyl (C=O) groups is 2. The summed E-state index contributed by atoms with van der Waals surface area (Å²) in [6.07, 6.45) is 1.77. The van der Waals surface area contributed by atoms with Gasteiger partial charge in [0.25, 0.3) is 0 Å². The second kappa shape index (κ2) is 10.1. The molecule has 38 heavy (non-hydrogen) atoms. The van der Waals surface area contributed by atoms with Crippen LogP contribution in [0.3, 0.4) is 0 Å². The summed E-state index contributed by atoms with van der Waals surface area (Å²) in [5, 5.41) is 16.4. The van der Waals surface area contributed by atoms with Gasteiger partial charge in [-0.15, -0.1) is 0 Å². The molecule has 2 aromatic heterocycles. The van der Waals surface area contributed by atoms with Crippen molar-refractivity contribution in [1.82, 2.24) is 14.9 Å². The van der Waals surface area contributed by atoms with Gasteiger partial charge in [0.1, 0.15) is 0 Å². The predicted molar refractivity (Wildman–Crippen MR) is 151 cm³/mol. The molecule has 1 aliphatic rings. The Morgan fingerprint density at radius 2 is 1.76 bits per heavy atom. The highest BCUT2D eigenvalue weighted by molar-refractivity contribution is 7.80. The van der Waals surface area contributed by atoms with E-state index in [-0.39, 0.29) is 23.6 Å². The molecule has 0 bridgehead atoms. The van der Waals surface area contributed by atoms with Crippen molar-refractivity contribution in [2.75, 3.05) is 10.2 Å². The zero-order chi connectivity index (χ0) is 27.0. The number of aromatic carboxylic acids is 1. The molecule has 5 rings (SSSR count). The summed E-state index contributed by atoms with van der Waals surface area (Å²) < 4.78 is 2.07. The molecular weight excluding hydrogens is 498 g/mol. The molecule has 0 spiro atoms. The van der Waals surface area contributed by atoms with E-state index >= 15 is 0 Å². The zero-order valence-electron chi connectivity index (χ0n) is 21.2. The van der Waals surface area contributed by atoms with Crippen molar-refractivity contribution in [2.45, 2.75) is 32.9 Å². The van der Waals surface area contributed by atoms with Crippen molar-refractivity contribution in [1.29, 1.82) is 0 Å². The number of aryl methyl sites for hydroxylation is 1. The minimum absolute atomic E-state index is 0.136. The van der Waals surface area contributed by atoms with Crippen molar-refractivity contribution in [3.05, 3.63) is 107 Å². The summed E-state index contributed by atoms with van der Waals surface area (Å²) in [7, 11) is 0. The number of carboxylic acid groups (broad SMARTS) is 1. The van der Waals surface area contributed by atoms with Crippen LogP contribution in [0.25, 0.3) is 5.69 Å². The number of benzene rings is 2. The van der Waals surface area contributed by atoms with Crippen LogP contribution < -0.4 is 15.5 Å². The first-order chi connectivity index (χ1) is 18.2. The normalized spacial score (nSPS) is 16.8. The van der Waals surface area contributed by atoms with Gasteiger partial charge in [-0.25, -0.2) is 4.79 Å². The SMILES string of the molecule is CC(=O)Nc1ccc(N2C(=S)N[C@H](c3ccccn3)[C@H]2c2cc(C)n(-c3cccc(C(=O)O)c3)c2C)cc1. The number of nitrogens with one attached hydrogen (secondary N) is 2. The fraction of sp³-hybridized carbons (Fsp3) is 0.172. The molecule has 9 heteroatoms. The van der Waals surface area contributed by atoms with Gasteiger partial charge in [0, 0.05) is 41.6 Å². The van der Waals surface area contributed by atoms with Gasteiger partial charge in [0.15, 0.2) is 5.11 Å². The predicted octanol–water partition coefficient (Wildman–Crippen LogP) is 5.32. The van der Waals surface area contributed by atoms with Gasteiger partial charge in [-0.2, -0.15) is 0 Å². The number of carboxylic acids is 1.